The number of hydrogen-bond acceptors (Lipinski definition) is 3. The van der Waals surface area contributed by atoms with Crippen LogP contribution in [-0.2, 0) is 9.53 Å². The lowest BCUT2D eigenvalue weighted by Crippen LogP contribution is -2.31. The number of carbonyl (C=O) groups excluding carboxylic acids is 1. The first-order valence-corrected chi connectivity index (χ1v) is 6.10. The quantitative estimate of drug-likeness (QED) is 0.709. The number of hydrogen-bond donors (Lipinski definition) is 1. The summed E-state index contributed by atoms with van der Waals surface area (Å²) in [6.07, 6.45) is 1.54. The minimum Gasteiger partial charge on any atom is -0.388 e. The molecule has 1 heterocycles. The number of ether oxygens (including phenoxy) is 1. The molecular weight excluding hydrogens is 204 g/mol. The van der Waals surface area contributed by atoms with Crippen molar-refractivity contribution in [2.45, 2.75) is 65.3 Å². The molecule has 0 aliphatic carbocycles. The summed E-state index contributed by atoms with van der Waals surface area (Å²) in [5.74, 6) is 1.09. The summed E-state index contributed by atoms with van der Waals surface area (Å²) >= 11 is 0. The molecule has 0 bridgehead atoms. The van der Waals surface area contributed by atoms with Gasteiger partial charge in [0.2, 0.25) is 0 Å². The van der Waals surface area contributed by atoms with Crippen LogP contribution in [0.4, 0.5) is 0 Å². The lowest BCUT2D eigenvalue weighted by molar-refractivity contribution is -0.117. The molecule has 2 unspecified atom stereocenters. The predicted molar refractivity (Wildman–Crippen MR) is 63.2 cm³/mol. The van der Waals surface area contributed by atoms with Crippen molar-refractivity contribution in [2.75, 3.05) is 0 Å². The van der Waals surface area contributed by atoms with Crippen LogP contribution in [0.15, 0.2) is 0 Å². The van der Waals surface area contributed by atoms with Gasteiger partial charge >= 0.3 is 0 Å². The van der Waals surface area contributed by atoms with E-state index in [1.54, 1.807) is 20.8 Å². The van der Waals surface area contributed by atoms with Gasteiger partial charge in [-0.05, 0) is 39.0 Å². The van der Waals surface area contributed by atoms with Crippen LogP contribution in [0.25, 0.3) is 0 Å². The highest BCUT2D eigenvalue weighted by atomic mass is 16.6. The van der Waals surface area contributed by atoms with Gasteiger partial charge in [0.15, 0.2) is 0 Å². The van der Waals surface area contributed by atoms with Crippen LogP contribution >= 0.6 is 0 Å². The van der Waals surface area contributed by atoms with Crippen molar-refractivity contribution in [3.05, 3.63) is 0 Å². The lowest BCUT2D eigenvalue weighted by Gasteiger charge is -2.20. The fraction of sp³-hybridized carbons (Fsp3) is 0.923. The van der Waals surface area contributed by atoms with Gasteiger partial charge in [0.1, 0.15) is 11.9 Å². The van der Waals surface area contributed by atoms with Crippen molar-refractivity contribution in [2.24, 2.45) is 11.8 Å². The normalized spacial score (nSPS) is 26.9. The molecule has 0 radical (unpaired) electrons. The maximum Gasteiger partial charge on any atom is 0.129 e. The Morgan fingerprint density at radius 2 is 2.00 bits per heavy atom. The molecule has 1 aliphatic rings. The number of rotatable bonds is 6. The van der Waals surface area contributed by atoms with Gasteiger partial charge in [-0.2, -0.15) is 0 Å². The zero-order valence-corrected chi connectivity index (χ0v) is 11.0. The van der Waals surface area contributed by atoms with E-state index >= 15 is 0 Å². The van der Waals surface area contributed by atoms with E-state index in [4.69, 9.17) is 4.74 Å². The number of epoxide rings is 1. The summed E-state index contributed by atoms with van der Waals surface area (Å²) in [4.78, 5) is 11.0. The van der Waals surface area contributed by atoms with Crippen LogP contribution in [-0.4, -0.2) is 28.7 Å². The molecule has 0 saturated carbocycles. The van der Waals surface area contributed by atoms with Crippen molar-refractivity contribution in [1.82, 2.24) is 0 Å². The van der Waals surface area contributed by atoms with E-state index in [1.807, 2.05) is 0 Å². The first-order valence-electron chi connectivity index (χ1n) is 6.10. The van der Waals surface area contributed by atoms with Crippen LogP contribution in [0.2, 0.25) is 0 Å². The second kappa shape index (κ2) is 4.84. The summed E-state index contributed by atoms with van der Waals surface area (Å²) in [5.41, 5.74) is -0.770. The smallest absolute Gasteiger partial charge is 0.129 e. The summed E-state index contributed by atoms with van der Waals surface area (Å²) in [6, 6.07) is 0. The molecule has 1 N–H and O–H groups in total. The molecule has 0 amide bonds. The van der Waals surface area contributed by atoms with Gasteiger partial charge in [-0.1, -0.05) is 13.8 Å². The second-order valence-corrected chi connectivity index (χ2v) is 5.82. The van der Waals surface area contributed by atoms with Crippen LogP contribution in [0.5, 0.6) is 0 Å². The van der Waals surface area contributed by atoms with Crippen molar-refractivity contribution in [3.63, 3.8) is 0 Å². The molecule has 0 aromatic rings. The van der Waals surface area contributed by atoms with Crippen LogP contribution in [0.1, 0.15) is 47.5 Å². The van der Waals surface area contributed by atoms with E-state index in [0.29, 0.717) is 18.3 Å². The van der Waals surface area contributed by atoms with Crippen molar-refractivity contribution >= 4 is 5.78 Å². The predicted octanol–water partition coefficient (Wildman–Crippen LogP) is 2.17. The molecule has 1 fully saturated rings. The first-order chi connectivity index (χ1) is 7.23. The van der Waals surface area contributed by atoms with Crippen LogP contribution < -0.4 is 0 Å². The van der Waals surface area contributed by atoms with Gasteiger partial charge in [-0.3, -0.25) is 0 Å². The molecule has 0 spiro atoms. The average Bonchev–Trinajstić information content (AvgIpc) is 2.81. The Kier molecular flexibility index (Phi) is 4.13. The maximum atomic E-state index is 11.0. The molecule has 0 aromatic heterocycles. The third kappa shape index (κ3) is 3.56. The van der Waals surface area contributed by atoms with Gasteiger partial charge in [-0.25, -0.2) is 0 Å². The largest absolute Gasteiger partial charge is 0.388 e. The van der Waals surface area contributed by atoms with E-state index in [-0.39, 0.29) is 18.0 Å². The Morgan fingerprint density at radius 3 is 2.31 bits per heavy atom. The molecule has 1 aliphatic heterocycles. The Bertz CT molecular complexity index is 252. The van der Waals surface area contributed by atoms with Crippen LogP contribution in [0, 0.1) is 11.8 Å². The standard InChI is InChI=1S/C13H24O3/c1-8(2)10(7-6-9(3)14)11-12(16-11)13(4,5)15/h8,10-12,15H,6-7H2,1-5H3/t10?,11-,12?/m0/s1. The summed E-state index contributed by atoms with van der Waals surface area (Å²) in [7, 11) is 0. The van der Waals surface area contributed by atoms with E-state index < -0.39 is 5.60 Å². The molecule has 1 saturated heterocycles. The highest BCUT2D eigenvalue weighted by Gasteiger charge is 2.52. The molecule has 3 nitrogen and oxygen atoms in total. The Balaban J connectivity index is 2.51. The third-order valence-electron chi connectivity index (χ3n) is 3.33. The topological polar surface area (TPSA) is 49.8 Å². The number of aliphatic hydroxyl groups is 1. The van der Waals surface area contributed by atoms with Gasteiger partial charge < -0.3 is 14.6 Å². The summed E-state index contributed by atoms with van der Waals surface area (Å²) in [6.45, 7) is 9.47. The second-order valence-electron chi connectivity index (χ2n) is 5.82. The zero-order chi connectivity index (χ0) is 12.5. The molecule has 16 heavy (non-hydrogen) atoms. The van der Waals surface area contributed by atoms with Gasteiger partial charge in [0, 0.05) is 6.42 Å². The number of carbonyl (C=O) groups is 1. The zero-order valence-electron chi connectivity index (χ0n) is 11.0. The van der Waals surface area contributed by atoms with Crippen molar-refractivity contribution < 1.29 is 14.6 Å². The Morgan fingerprint density at radius 1 is 1.44 bits per heavy atom. The van der Waals surface area contributed by atoms with Crippen molar-refractivity contribution in [1.29, 1.82) is 0 Å². The van der Waals surface area contributed by atoms with E-state index in [9.17, 15) is 9.90 Å². The monoisotopic (exact) mass is 228 g/mol. The van der Waals surface area contributed by atoms with Crippen molar-refractivity contribution in [3.8, 4) is 0 Å². The number of Topliss-reactive ketones (excluding diaryl/α,β-unsaturated/α-hetero) is 1. The molecule has 3 heteroatoms. The SMILES string of the molecule is CC(=O)CCC(C(C)C)[C@@H]1OC1C(C)(C)O. The number of ketones is 1. The highest BCUT2D eigenvalue weighted by Crippen LogP contribution is 2.41. The Labute approximate surface area is 98.2 Å². The minimum absolute atomic E-state index is 0.0631. The summed E-state index contributed by atoms with van der Waals surface area (Å²) < 4.78 is 5.58. The molecule has 1 rings (SSSR count). The lowest BCUT2D eigenvalue weighted by atomic mass is 9.84. The van der Waals surface area contributed by atoms with E-state index in [1.165, 1.54) is 0 Å². The average molecular weight is 228 g/mol. The highest BCUT2D eigenvalue weighted by molar-refractivity contribution is 5.75. The summed E-state index contributed by atoms with van der Waals surface area (Å²) in [5, 5.41) is 9.84. The van der Waals surface area contributed by atoms with Gasteiger partial charge in [0.05, 0.1) is 11.7 Å². The van der Waals surface area contributed by atoms with Crippen LogP contribution in [0.3, 0.4) is 0 Å². The maximum absolute atomic E-state index is 11.0. The Hall–Kier alpha value is -0.410. The van der Waals surface area contributed by atoms with E-state index in [0.717, 1.165) is 6.42 Å². The first kappa shape index (κ1) is 13.7. The molecular formula is C13H24O3. The van der Waals surface area contributed by atoms with E-state index in [2.05, 4.69) is 13.8 Å². The molecule has 3 atom stereocenters. The fourth-order valence-corrected chi connectivity index (χ4v) is 2.26. The molecule has 0 aromatic carbocycles. The molecule has 94 valence electrons. The van der Waals surface area contributed by atoms with Gasteiger partial charge in [-0.15, -0.1) is 0 Å². The fourth-order valence-electron chi connectivity index (χ4n) is 2.26. The minimum atomic E-state index is -0.770. The van der Waals surface area contributed by atoms with Gasteiger partial charge in [0.25, 0.3) is 0 Å². The third-order valence-corrected chi connectivity index (χ3v) is 3.33.